The third-order valence-corrected chi connectivity index (χ3v) is 2.86. The molecule has 4 nitrogen and oxygen atoms in total. The number of aryl methyl sites for hydroxylation is 1. The Morgan fingerprint density at radius 1 is 1.41 bits per heavy atom. The van der Waals surface area contributed by atoms with Gasteiger partial charge in [-0.05, 0) is 25.5 Å². The summed E-state index contributed by atoms with van der Waals surface area (Å²) in [4.78, 5) is 22.3. The summed E-state index contributed by atoms with van der Waals surface area (Å²) >= 11 is 0. The summed E-state index contributed by atoms with van der Waals surface area (Å²) in [6.45, 7) is 2.76. The number of carbonyl (C=O) groups is 2. The van der Waals surface area contributed by atoms with E-state index in [1.165, 1.54) is 11.1 Å². The Kier molecular flexibility index (Phi) is 3.54. The van der Waals surface area contributed by atoms with Gasteiger partial charge in [-0.2, -0.15) is 0 Å². The number of hydrogen-bond donors (Lipinski definition) is 2. The van der Waals surface area contributed by atoms with Crippen LogP contribution in [-0.2, 0) is 16.0 Å². The van der Waals surface area contributed by atoms with E-state index in [9.17, 15) is 9.59 Å². The van der Waals surface area contributed by atoms with Gasteiger partial charge in [0.15, 0.2) is 0 Å². The van der Waals surface area contributed by atoms with E-state index >= 15 is 0 Å². The Balaban J connectivity index is 1.80. The second-order valence-electron chi connectivity index (χ2n) is 4.36. The number of benzene rings is 1. The molecular formula is C13H16N2O2. The lowest BCUT2D eigenvalue weighted by atomic mass is 10.1. The van der Waals surface area contributed by atoms with Crippen LogP contribution in [0.15, 0.2) is 24.3 Å². The molecule has 1 aromatic rings. The van der Waals surface area contributed by atoms with Gasteiger partial charge in [0.05, 0.1) is 12.5 Å². The second-order valence-corrected chi connectivity index (χ2v) is 4.36. The maximum absolute atomic E-state index is 11.3. The molecule has 17 heavy (non-hydrogen) atoms. The van der Waals surface area contributed by atoms with Crippen LogP contribution in [0.3, 0.4) is 0 Å². The highest BCUT2D eigenvalue weighted by Crippen LogP contribution is 2.05. The van der Waals surface area contributed by atoms with E-state index in [-0.39, 0.29) is 24.3 Å². The first kappa shape index (κ1) is 11.8. The molecule has 0 spiro atoms. The van der Waals surface area contributed by atoms with Crippen molar-refractivity contribution in [3.8, 4) is 0 Å². The molecule has 1 saturated heterocycles. The van der Waals surface area contributed by atoms with Gasteiger partial charge in [-0.3, -0.25) is 14.9 Å². The quantitative estimate of drug-likeness (QED) is 0.745. The Labute approximate surface area is 100 Å². The van der Waals surface area contributed by atoms with E-state index in [0.29, 0.717) is 6.54 Å². The van der Waals surface area contributed by atoms with Crippen molar-refractivity contribution in [3.63, 3.8) is 0 Å². The van der Waals surface area contributed by atoms with Gasteiger partial charge in [0.2, 0.25) is 11.8 Å². The van der Waals surface area contributed by atoms with Crippen molar-refractivity contribution in [2.24, 2.45) is 0 Å². The molecule has 1 atom stereocenters. The third kappa shape index (κ3) is 3.14. The fraction of sp³-hybridized carbons (Fsp3) is 0.385. The molecule has 0 bridgehead atoms. The summed E-state index contributed by atoms with van der Waals surface area (Å²) in [5.41, 5.74) is 2.47. The molecule has 4 heteroatoms. The summed E-state index contributed by atoms with van der Waals surface area (Å²) in [6.07, 6.45) is 1.12. The molecule has 2 amide bonds. The van der Waals surface area contributed by atoms with Gasteiger partial charge in [0.1, 0.15) is 0 Å². The van der Waals surface area contributed by atoms with Crippen molar-refractivity contribution in [3.05, 3.63) is 35.4 Å². The number of rotatable bonds is 4. The normalized spacial score (nSPS) is 19.5. The van der Waals surface area contributed by atoms with E-state index in [1.54, 1.807) is 0 Å². The zero-order valence-electron chi connectivity index (χ0n) is 9.82. The molecular weight excluding hydrogens is 216 g/mol. The molecule has 1 fully saturated rings. The average molecular weight is 232 g/mol. The third-order valence-electron chi connectivity index (χ3n) is 2.86. The number of amides is 2. The van der Waals surface area contributed by atoms with Crippen LogP contribution in [0.2, 0.25) is 0 Å². The highest BCUT2D eigenvalue weighted by Gasteiger charge is 2.29. The SMILES string of the molecule is Cc1cccc(CCNC2CC(=O)NC2=O)c1. The van der Waals surface area contributed by atoms with Crippen LogP contribution < -0.4 is 10.6 Å². The monoisotopic (exact) mass is 232 g/mol. The van der Waals surface area contributed by atoms with E-state index < -0.39 is 0 Å². The van der Waals surface area contributed by atoms with Crippen molar-refractivity contribution in [2.75, 3.05) is 6.54 Å². The van der Waals surface area contributed by atoms with Crippen molar-refractivity contribution < 1.29 is 9.59 Å². The minimum absolute atomic E-state index is 0.192. The zero-order chi connectivity index (χ0) is 12.3. The van der Waals surface area contributed by atoms with Crippen molar-refractivity contribution in [1.82, 2.24) is 10.6 Å². The highest BCUT2D eigenvalue weighted by atomic mass is 16.2. The molecule has 90 valence electrons. The van der Waals surface area contributed by atoms with Crippen LogP contribution in [0.5, 0.6) is 0 Å². The molecule has 0 saturated carbocycles. The van der Waals surface area contributed by atoms with Crippen LogP contribution in [0.25, 0.3) is 0 Å². The van der Waals surface area contributed by atoms with E-state index in [1.807, 2.05) is 6.07 Å². The molecule has 2 N–H and O–H groups in total. The number of hydrogen-bond acceptors (Lipinski definition) is 3. The molecule has 0 aliphatic carbocycles. The first-order valence-corrected chi connectivity index (χ1v) is 5.78. The van der Waals surface area contributed by atoms with Gasteiger partial charge in [-0.25, -0.2) is 0 Å². The van der Waals surface area contributed by atoms with E-state index in [2.05, 4.69) is 35.8 Å². The maximum atomic E-state index is 11.3. The van der Waals surface area contributed by atoms with E-state index in [4.69, 9.17) is 0 Å². The van der Waals surface area contributed by atoms with Gasteiger partial charge < -0.3 is 5.32 Å². The summed E-state index contributed by atoms with van der Waals surface area (Å²) in [7, 11) is 0. The summed E-state index contributed by atoms with van der Waals surface area (Å²) in [6, 6.07) is 7.92. The Morgan fingerprint density at radius 2 is 2.24 bits per heavy atom. The Morgan fingerprint density at radius 3 is 2.88 bits per heavy atom. The van der Waals surface area contributed by atoms with Crippen LogP contribution in [0.1, 0.15) is 17.5 Å². The highest BCUT2D eigenvalue weighted by molar-refractivity contribution is 6.05. The number of nitrogens with one attached hydrogen (secondary N) is 2. The molecule has 1 aliphatic rings. The van der Waals surface area contributed by atoms with Gasteiger partial charge in [-0.15, -0.1) is 0 Å². The van der Waals surface area contributed by atoms with Crippen LogP contribution >= 0.6 is 0 Å². The second kappa shape index (κ2) is 5.10. The van der Waals surface area contributed by atoms with Crippen LogP contribution in [-0.4, -0.2) is 24.4 Å². The lowest BCUT2D eigenvalue weighted by Gasteiger charge is -2.09. The smallest absolute Gasteiger partial charge is 0.244 e. The lowest BCUT2D eigenvalue weighted by molar-refractivity contribution is -0.125. The number of imide groups is 1. The lowest BCUT2D eigenvalue weighted by Crippen LogP contribution is -2.37. The first-order chi connectivity index (χ1) is 8.15. The van der Waals surface area contributed by atoms with Gasteiger partial charge in [0, 0.05) is 0 Å². The zero-order valence-corrected chi connectivity index (χ0v) is 9.82. The Hall–Kier alpha value is -1.68. The van der Waals surface area contributed by atoms with Crippen molar-refractivity contribution in [1.29, 1.82) is 0 Å². The largest absolute Gasteiger partial charge is 0.305 e. The molecule has 2 rings (SSSR count). The molecule has 1 unspecified atom stereocenters. The first-order valence-electron chi connectivity index (χ1n) is 5.78. The standard InChI is InChI=1S/C13H16N2O2/c1-9-3-2-4-10(7-9)5-6-14-11-8-12(16)15-13(11)17/h2-4,7,11,14H,5-6,8H2,1H3,(H,15,16,17). The predicted molar refractivity (Wildman–Crippen MR) is 64.4 cm³/mol. The fourth-order valence-corrected chi connectivity index (χ4v) is 1.98. The van der Waals surface area contributed by atoms with Crippen LogP contribution in [0, 0.1) is 6.92 Å². The van der Waals surface area contributed by atoms with E-state index in [0.717, 1.165) is 6.42 Å². The molecule has 1 heterocycles. The van der Waals surface area contributed by atoms with Crippen LogP contribution in [0.4, 0.5) is 0 Å². The molecule has 1 aromatic carbocycles. The topological polar surface area (TPSA) is 58.2 Å². The Bertz CT molecular complexity index is 443. The average Bonchev–Trinajstić information content (AvgIpc) is 2.58. The van der Waals surface area contributed by atoms with Crippen molar-refractivity contribution >= 4 is 11.8 Å². The maximum Gasteiger partial charge on any atom is 0.244 e. The molecule has 1 aliphatic heterocycles. The van der Waals surface area contributed by atoms with Gasteiger partial charge in [0.25, 0.3) is 0 Å². The minimum atomic E-state index is -0.354. The summed E-state index contributed by atoms with van der Waals surface area (Å²) < 4.78 is 0. The fourth-order valence-electron chi connectivity index (χ4n) is 1.98. The molecule has 0 radical (unpaired) electrons. The minimum Gasteiger partial charge on any atom is -0.305 e. The van der Waals surface area contributed by atoms with Gasteiger partial charge >= 0.3 is 0 Å². The van der Waals surface area contributed by atoms with Gasteiger partial charge in [-0.1, -0.05) is 29.8 Å². The molecule has 0 aromatic heterocycles. The number of carbonyl (C=O) groups excluding carboxylic acids is 2. The predicted octanol–water partition coefficient (Wildman–Crippen LogP) is 0.542. The summed E-state index contributed by atoms with van der Waals surface area (Å²) in [5.74, 6) is -0.401. The summed E-state index contributed by atoms with van der Waals surface area (Å²) in [5, 5.41) is 5.38. The van der Waals surface area contributed by atoms with Crippen molar-refractivity contribution in [2.45, 2.75) is 25.8 Å².